The Morgan fingerprint density at radius 1 is 0.762 bits per heavy atom. The zero-order chi connectivity index (χ0) is 29.9. The molecule has 0 radical (unpaired) electrons. The lowest BCUT2D eigenvalue weighted by Crippen LogP contribution is -2.56. The molecular weight excluding hydrogens is 538 g/mol. The summed E-state index contributed by atoms with van der Waals surface area (Å²) in [5.41, 5.74) is 2.44. The summed E-state index contributed by atoms with van der Waals surface area (Å²) in [6, 6.07) is 22.7. The quantitative estimate of drug-likeness (QED) is 0.253. The number of methoxy groups -OCH3 is 1. The molecule has 1 heterocycles. The predicted molar refractivity (Wildman–Crippen MR) is 155 cm³/mol. The van der Waals surface area contributed by atoms with Crippen molar-refractivity contribution in [1.82, 2.24) is 16.0 Å². The summed E-state index contributed by atoms with van der Waals surface area (Å²) < 4.78 is 15.6. The highest BCUT2D eigenvalue weighted by Crippen LogP contribution is 2.17. The van der Waals surface area contributed by atoms with E-state index in [9.17, 15) is 19.2 Å². The highest BCUT2D eigenvalue weighted by Gasteiger charge is 2.38. The molecule has 220 valence electrons. The van der Waals surface area contributed by atoms with Crippen LogP contribution in [-0.4, -0.2) is 61.6 Å². The molecule has 0 aliphatic carbocycles. The van der Waals surface area contributed by atoms with Crippen LogP contribution in [0.3, 0.4) is 0 Å². The van der Waals surface area contributed by atoms with E-state index in [4.69, 9.17) is 14.2 Å². The van der Waals surface area contributed by atoms with E-state index in [2.05, 4.69) is 16.0 Å². The standard InChI is InChI=1S/C32H35N3O7/c1-21(33-32(39)42-19-24-11-7-4-8-12-24)30(37)35-27(18-23-13-15-25(40-2)16-14-23)31(38)34-26(29(36)28-20-41-28)17-22-9-5-3-6-10-22/h3-16,21,26-28H,17-20H2,1-2H3,(H,33,39)(H,34,38)(H,35,37)/t21-,26-,27-,28+/m0/s1. The number of rotatable bonds is 14. The molecule has 0 aromatic heterocycles. The summed E-state index contributed by atoms with van der Waals surface area (Å²) in [7, 11) is 1.55. The number of benzene rings is 3. The van der Waals surface area contributed by atoms with Gasteiger partial charge in [-0.25, -0.2) is 4.79 Å². The molecule has 1 saturated heterocycles. The lowest BCUT2D eigenvalue weighted by molar-refractivity contribution is -0.132. The van der Waals surface area contributed by atoms with Crippen molar-refractivity contribution in [3.8, 4) is 5.75 Å². The fourth-order valence-electron chi connectivity index (χ4n) is 4.29. The van der Waals surface area contributed by atoms with E-state index in [1.807, 2.05) is 60.7 Å². The maximum atomic E-state index is 13.6. The average molecular weight is 574 g/mol. The first-order valence-corrected chi connectivity index (χ1v) is 13.7. The molecule has 4 rings (SSSR count). The largest absolute Gasteiger partial charge is 0.497 e. The number of carbonyl (C=O) groups is 4. The van der Waals surface area contributed by atoms with Crippen LogP contribution in [0.1, 0.15) is 23.6 Å². The maximum absolute atomic E-state index is 13.6. The fourth-order valence-corrected chi connectivity index (χ4v) is 4.29. The molecule has 0 unspecified atom stereocenters. The van der Waals surface area contributed by atoms with Crippen LogP contribution in [0.4, 0.5) is 4.79 Å². The van der Waals surface area contributed by atoms with Gasteiger partial charge in [0.2, 0.25) is 11.8 Å². The van der Waals surface area contributed by atoms with Gasteiger partial charge in [0.1, 0.15) is 30.5 Å². The van der Waals surface area contributed by atoms with Gasteiger partial charge in [0, 0.05) is 6.42 Å². The van der Waals surface area contributed by atoms with E-state index in [0.717, 1.165) is 16.7 Å². The summed E-state index contributed by atoms with van der Waals surface area (Å²) in [6.07, 6.45) is -0.908. The van der Waals surface area contributed by atoms with Crippen LogP contribution in [0, 0.1) is 0 Å². The van der Waals surface area contributed by atoms with Gasteiger partial charge in [-0.2, -0.15) is 0 Å². The zero-order valence-corrected chi connectivity index (χ0v) is 23.6. The minimum absolute atomic E-state index is 0.0467. The number of amides is 3. The Hall–Kier alpha value is -4.70. The van der Waals surface area contributed by atoms with Crippen molar-refractivity contribution in [1.29, 1.82) is 0 Å². The molecule has 0 saturated carbocycles. The summed E-state index contributed by atoms with van der Waals surface area (Å²) in [4.78, 5) is 52.0. The van der Waals surface area contributed by atoms with Crippen LogP contribution in [0.15, 0.2) is 84.9 Å². The molecule has 10 heteroatoms. The molecule has 3 N–H and O–H groups in total. The van der Waals surface area contributed by atoms with E-state index >= 15 is 0 Å². The van der Waals surface area contributed by atoms with Crippen LogP contribution in [0.25, 0.3) is 0 Å². The lowest BCUT2D eigenvalue weighted by atomic mass is 9.99. The van der Waals surface area contributed by atoms with Gasteiger partial charge in [-0.15, -0.1) is 0 Å². The number of alkyl carbamates (subject to hydrolysis) is 1. The number of Topliss-reactive ketones (excluding diaryl/α,β-unsaturated/α-hetero) is 1. The van der Waals surface area contributed by atoms with Crippen molar-refractivity contribution in [2.45, 2.75) is 50.6 Å². The number of hydrogen-bond donors (Lipinski definition) is 3. The number of ketones is 1. The van der Waals surface area contributed by atoms with E-state index in [-0.39, 0.29) is 25.2 Å². The maximum Gasteiger partial charge on any atom is 0.408 e. The van der Waals surface area contributed by atoms with Crippen LogP contribution >= 0.6 is 0 Å². The molecule has 3 amide bonds. The molecule has 1 aliphatic rings. The highest BCUT2D eigenvalue weighted by atomic mass is 16.6. The Morgan fingerprint density at radius 2 is 1.31 bits per heavy atom. The zero-order valence-electron chi connectivity index (χ0n) is 23.6. The SMILES string of the molecule is COc1ccc(C[C@H](NC(=O)[C@H](C)NC(=O)OCc2ccccc2)C(=O)N[C@@H](Cc2ccccc2)C(=O)[C@H]2CO2)cc1. The monoisotopic (exact) mass is 573 g/mol. The summed E-state index contributed by atoms with van der Waals surface area (Å²) in [6.45, 7) is 1.86. The molecule has 3 aromatic carbocycles. The van der Waals surface area contributed by atoms with E-state index in [1.165, 1.54) is 6.92 Å². The molecule has 0 bridgehead atoms. The first-order chi connectivity index (χ1) is 20.3. The molecule has 10 nitrogen and oxygen atoms in total. The number of hydrogen-bond acceptors (Lipinski definition) is 7. The van der Waals surface area contributed by atoms with Crippen molar-refractivity contribution in [2.75, 3.05) is 13.7 Å². The third-order valence-electron chi connectivity index (χ3n) is 6.77. The molecule has 42 heavy (non-hydrogen) atoms. The molecule has 1 fully saturated rings. The Kier molecular flexibility index (Phi) is 10.7. The summed E-state index contributed by atoms with van der Waals surface area (Å²) in [5, 5.41) is 8.06. The molecule has 1 aliphatic heterocycles. The van der Waals surface area contributed by atoms with E-state index in [0.29, 0.717) is 12.4 Å². The normalized spacial score (nSPS) is 15.8. The average Bonchev–Trinajstić information content (AvgIpc) is 3.86. The predicted octanol–water partition coefficient (Wildman–Crippen LogP) is 2.73. The Bertz CT molecular complexity index is 1350. The van der Waals surface area contributed by atoms with Crippen LogP contribution in [0.5, 0.6) is 5.75 Å². The highest BCUT2D eigenvalue weighted by molar-refractivity contribution is 5.96. The Balaban J connectivity index is 1.43. The first kappa shape index (κ1) is 30.3. The number of ether oxygens (including phenoxy) is 3. The van der Waals surface area contributed by atoms with Gasteiger partial charge in [-0.1, -0.05) is 72.8 Å². The van der Waals surface area contributed by atoms with Gasteiger partial charge in [0.25, 0.3) is 0 Å². The smallest absolute Gasteiger partial charge is 0.408 e. The number of epoxide rings is 1. The van der Waals surface area contributed by atoms with Gasteiger partial charge < -0.3 is 30.2 Å². The van der Waals surface area contributed by atoms with Gasteiger partial charge in [-0.05, 0) is 42.2 Å². The minimum atomic E-state index is -1.04. The topological polar surface area (TPSA) is 135 Å². The van der Waals surface area contributed by atoms with Crippen LogP contribution in [0.2, 0.25) is 0 Å². The third kappa shape index (κ3) is 9.17. The van der Waals surface area contributed by atoms with Gasteiger partial charge in [0.15, 0.2) is 5.78 Å². The van der Waals surface area contributed by atoms with Crippen molar-refractivity contribution < 1.29 is 33.4 Å². The Morgan fingerprint density at radius 3 is 1.90 bits per heavy atom. The van der Waals surface area contributed by atoms with Crippen LogP contribution < -0.4 is 20.7 Å². The van der Waals surface area contributed by atoms with Crippen molar-refractivity contribution in [3.05, 3.63) is 102 Å². The van der Waals surface area contributed by atoms with Crippen molar-refractivity contribution in [3.63, 3.8) is 0 Å². The first-order valence-electron chi connectivity index (χ1n) is 13.7. The summed E-state index contributed by atoms with van der Waals surface area (Å²) in [5.74, 6) is -0.698. The Labute approximate surface area is 244 Å². The van der Waals surface area contributed by atoms with Gasteiger partial charge in [-0.3, -0.25) is 14.4 Å². The second-order valence-electron chi connectivity index (χ2n) is 10.0. The minimum Gasteiger partial charge on any atom is -0.497 e. The van der Waals surface area contributed by atoms with Crippen molar-refractivity contribution in [2.24, 2.45) is 0 Å². The van der Waals surface area contributed by atoms with E-state index < -0.39 is 42.1 Å². The number of carbonyl (C=O) groups excluding carboxylic acids is 4. The van der Waals surface area contributed by atoms with Crippen molar-refractivity contribution >= 4 is 23.7 Å². The molecule has 3 aromatic rings. The van der Waals surface area contributed by atoms with Gasteiger partial charge >= 0.3 is 6.09 Å². The number of nitrogens with one attached hydrogen (secondary N) is 3. The van der Waals surface area contributed by atoms with Gasteiger partial charge in [0.05, 0.1) is 19.8 Å². The summed E-state index contributed by atoms with van der Waals surface area (Å²) >= 11 is 0. The second kappa shape index (κ2) is 14.8. The molecule has 4 atom stereocenters. The third-order valence-corrected chi connectivity index (χ3v) is 6.77. The lowest BCUT2D eigenvalue weighted by Gasteiger charge is -2.24. The molecular formula is C32H35N3O7. The fraction of sp³-hybridized carbons (Fsp3) is 0.312. The van der Waals surface area contributed by atoms with Crippen LogP contribution in [-0.2, 0) is 43.3 Å². The molecule has 0 spiro atoms. The second-order valence-corrected chi connectivity index (χ2v) is 10.0. The van der Waals surface area contributed by atoms with E-state index in [1.54, 1.807) is 31.4 Å².